The van der Waals surface area contributed by atoms with Crippen LogP contribution >= 0.6 is 35.0 Å². The molecule has 0 amide bonds. The molecule has 1 aromatic carbocycles. The van der Waals surface area contributed by atoms with E-state index in [0.717, 1.165) is 16.7 Å². The molecule has 2 aromatic rings. The number of hydrogen-bond donors (Lipinski definition) is 1. The summed E-state index contributed by atoms with van der Waals surface area (Å²) < 4.78 is 7.63. The molecule has 2 rings (SSSR count). The lowest BCUT2D eigenvalue weighted by Gasteiger charge is -2.09. The molecule has 114 valence electrons. The lowest BCUT2D eigenvalue weighted by molar-refractivity contribution is 0.344. The van der Waals surface area contributed by atoms with Crippen molar-refractivity contribution in [3.63, 3.8) is 0 Å². The van der Waals surface area contributed by atoms with E-state index in [1.165, 1.54) is 0 Å². The molecule has 2 N–H and O–H groups in total. The van der Waals surface area contributed by atoms with Crippen molar-refractivity contribution in [3.05, 3.63) is 34.1 Å². The number of aromatic nitrogens is 3. The van der Waals surface area contributed by atoms with E-state index in [9.17, 15) is 0 Å². The first-order chi connectivity index (χ1) is 10.1. The Hall–Kier alpha value is -0.950. The Labute approximate surface area is 137 Å². The van der Waals surface area contributed by atoms with Crippen LogP contribution in [-0.4, -0.2) is 33.7 Å². The molecule has 0 aliphatic heterocycles. The second kappa shape index (κ2) is 7.89. The second-order valence-corrected chi connectivity index (χ2v) is 6.15. The first-order valence-corrected chi connectivity index (χ1v) is 8.16. The van der Waals surface area contributed by atoms with Gasteiger partial charge in [0.15, 0.2) is 5.16 Å². The van der Waals surface area contributed by atoms with Gasteiger partial charge in [0.05, 0.1) is 11.6 Å². The maximum absolute atomic E-state index is 6.04. The topological polar surface area (TPSA) is 66.0 Å². The van der Waals surface area contributed by atoms with Crippen LogP contribution in [0.2, 0.25) is 10.0 Å². The summed E-state index contributed by atoms with van der Waals surface area (Å²) in [6.07, 6.45) is 0. The van der Waals surface area contributed by atoms with Crippen LogP contribution in [0, 0.1) is 6.92 Å². The lowest BCUT2D eigenvalue weighted by atomic mass is 10.3. The van der Waals surface area contributed by atoms with Crippen LogP contribution in [0.1, 0.15) is 5.82 Å². The van der Waals surface area contributed by atoms with Gasteiger partial charge in [-0.25, -0.2) is 0 Å². The van der Waals surface area contributed by atoms with Gasteiger partial charge in [-0.1, -0.05) is 35.0 Å². The predicted molar refractivity (Wildman–Crippen MR) is 86.5 cm³/mol. The summed E-state index contributed by atoms with van der Waals surface area (Å²) in [6, 6.07) is 5.17. The van der Waals surface area contributed by atoms with Crippen LogP contribution in [-0.2, 0) is 6.54 Å². The molecule has 0 saturated heterocycles. The monoisotopic (exact) mass is 346 g/mol. The van der Waals surface area contributed by atoms with Crippen LogP contribution in [0.3, 0.4) is 0 Å². The lowest BCUT2D eigenvalue weighted by Crippen LogP contribution is -2.12. The molecule has 21 heavy (non-hydrogen) atoms. The van der Waals surface area contributed by atoms with Crippen molar-refractivity contribution in [2.45, 2.75) is 18.6 Å². The van der Waals surface area contributed by atoms with Gasteiger partial charge in [-0.15, -0.1) is 10.2 Å². The van der Waals surface area contributed by atoms with E-state index in [1.807, 2.05) is 11.5 Å². The van der Waals surface area contributed by atoms with Gasteiger partial charge in [-0.3, -0.25) is 0 Å². The minimum atomic E-state index is 0.509. The van der Waals surface area contributed by atoms with Crippen LogP contribution in [0.4, 0.5) is 0 Å². The number of nitrogens with two attached hydrogens (primary N) is 1. The normalized spacial score (nSPS) is 10.9. The zero-order valence-corrected chi connectivity index (χ0v) is 13.9. The Bertz CT molecular complexity index is 606. The molecule has 0 fully saturated rings. The van der Waals surface area contributed by atoms with Gasteiger partial charge in [-0.05, 0) is 25.1 Å². The van der Waals surface area contributed by atoms with E-state index in [4.69, 9.17) is 33.7 Å². The molecular weight excluding hydrogens is 331 g/mol. The quantitative estimate of drug-likeness (QED) is 0.616. The largest absolute Gasteiger partial charge is 0.491 e. The van der Waals surface area contributed by atoms with Gasteiger partial charge < -0.3 is 15.0 Å². The second-order valence-electron chi connectivity index (χ2n) is 4.24. The SMILES string of the molecule is Cc1nnc(SCCOc2ccc(Cl)cc2Cl)n1CCN. The first kappa shape index (κ1) is 16.4. The fraction of sp³-hybridized carbons (Fsp3) is 0.385. The predicted octanol–water partition coefficient (Wildman–Crippen LogP) is 3.02. The van der Waals surface area contributed by atoms with Gasteiger partial charge in [-0.2, -0.15) is 0 Å². The van der Waals surface area contributed by atoms with Crippen LogP contribution in [0.25, 0.3) is 0 Å². The third-order valence-electron chi connectivity index (χ3n) is 2.72. The smallest absolute Gasteiger partial charge is 0.191 e. The summed E-state index contributed by atoms with van der Waals surface area (Å²) in [5.74, 6) is 2.23. The zero-order valence-electron chi connectivity index (χ0n) is 11.6. The Morgan fingerprint density at radius 3 is 2.86 bits per heavy atom. The summed E-state index contributed by atoms with van der Waals surface area (Å²) in [5, 5.41) is 10.1. The Kier molecular flexibility index (Phi) is 6.17. The molecule has 0 aliphatic rings. The summed E-state index contributed by atoms with van der Waals surface area (Å²) in [4.78, 5) is 0. The summed E-state index contributed by atoms with van der Waals surface area (Å²) in [5.41, 5.74) is 5.58. The highest BCUT2D eigenvalue weighted by Crippen LogP contribution is 2.27. The molecule has 0 aliphatic carbocycles. The fourth-order valence-electron chi connectivity index (χ4n) is 1.73. The van der Waals surface area contributed by atoms with E-state index < -0.39 is 0 Å². The maximum atomic E-state index is 6.04. The van der Waals surface area contributed by atoms with Crippen molar-refractivity contribution in [2.75, 3.05) is 18.9 Å². The average Bonchev–Trinajstić information content (AvgIpc) is 2.79. The number of aryl methyl sites for hydroxylation is 1. The maximum Gasteiger partial charge on any atom is 0.191 e. The van der Waals surface area contributed by atoms with Crippen molar-refractivity contribution in [1.29, 1.82) is 0 Å². The number of nitrogens with zero attached hydrogens (tertiary/aromatic N) is 3. The van der Waals surface area contributed by atoms with E-state index in [2.05, 4.69) is 10.2 Å². The fourth-order valence-corrected chi connectivity index (χ4v) is 3.02. The Balaban J connectivity index is 1.85. The van der Waals surface area contributed by atoms with Gasteiger partial charge in [0.2, 0.25) is 0 Å². The standard InChI is InChI=1S/C13H16Cl2N4OS/c1-9-17-18-13(19(9)5-4-16)21-7-6-20-12-3-2-10(14)8-11(12)15/h2-3,8H,4-7,16H2,1H3. The highest BCUT2D eigenvalue weighted by Gasteiger charge is 2.09. The summed E-state index contributed by atoms with van der Waals surface area (Å²) >= 11 is 13.4. The molecular formula is C13H16Cl2N4OS. The first-order valence-electron chi connectivity index (χ1n) is 6.42. The molecule has 0 radical (unpaired) electrons. The third kappa shape index (κ3) is 4.51. The van der Waals surface area contributed by atoms with Crippen molar-refractivity contribution >= 4 is 35.0 Å². The average molecular weight is 347 g/mol. The number of rotatable bonds is 7. The minimum absolute atomic E-state index is 0.509. The Morgan fingerprint density at radius 2 is 2.14 bits per heavy atom. The third-order valence-corrected chi connectivity index (χ3v) is 4.18. The number of halogens is 2. The van der Waals surface area contributed by atoms with Gasteiger partial charge in [0.1, 0.15) is 11.6 Å². The van der Waals surface area contributed by atoms with E-state index in [-0.39, 0.29) is 0 Å². The van der Waals surface area contributed by atoms with Crippen LogP contribution in [0.15, 0.2) is 23.4 Å². The highest BCUT2D eigenvalue weighted by atomic mass is 35.5. The van der Waals surface area contributed by atoms with E-state index >= 15 is 0 Å². The highest BCUT2D eigenvalue weighted by molar-refractivity contribution is 7.99. The summed E-state index contributed by atoms with van der Waals surface area (Å²) in [6.45, 7) is 3.70. The number of hydrogen-bond acceptors (Lipinski definition) is 5. The minimum Gasteiger partial charge on any atom is -0.491 e. The van der Waals surface area contributed by atoms with Crippen molar-refractivity contribution in [2.24, 2.45) is 5.73 Å². The number of ether oxygens (including phenoxy) is 1. The van der Waals surface area contributed by atoms with Crippen molar-refractivity contribution < 1.29 is 4.74 Å². The molecule has 0 saturated carbocycles. The van der Waals surface area contributed by atoms with Gasteiger partial charge >= 0.3 is 0 Å². The number of benzene rings is 1. The zero-order chi connectivity index (χ0) is 15.2. The Morgan fingerprint density at radius 1 is 1.33 bits per heavy atom. The van der Waals surface area contributed by atoms with Crippen molar-refractivity contribution in [3.8, 4) is 5.75 Å². The molecule has 1 aromatic heterocycles. The van der Waals surface area contributed by atoms with E-state index in [1.54, 1.807) is 30.0 Å². The van der Waals surface area contributed by atoms with Crippen LogP contribution < -0.4 is 10.5 Å². The molecule has 0 atom stereocenters. The molecule has 8 heteroatoms. The molecule has 0 unspecified atom stereocenters. The van der Waals surface area contributed by atoms with Crippen molar-refractivity contribution in [1.82, 2.24) is 14.8 Å². The number of thioether (sulfide) groups is 1. The molecule has 0 bridgehead atoms. The summed E-state index contributed by atoms with van der Waals surface area (Å²) in [7, 11) is 0. The van der Waals surface area contributed by atoms with Gasteiger partial charge in [0, 0.05) is 23.9 Å². The van der Waals surface area contributed by atoms with Gasteiger partial charge in [0.25, 0.3) is 0 Å². The molecule has 5 nitrogen and oxygen atoms in total. The van der Waals surface area contributed by atoms with E-state index in [0.29, 0.717) is 35.5 Å². The molecule has 0 spiro atoms. The van der Waals surface area contributed by atoms with Crippen LogP contribution in [0.5, 0.6) is 5.75 Å². The molecule has 1 heterocycles.